The molecular formula is C21H21FN4O3S. The lowest BCUT2D eigenvalue weighted by Gasteiger charge is -2.34. The molecule has 3 aromatic rings. The molecule has 0 amide bonds. The van der Waals surface area contributed by atoms with Crippen molar-refractivity contribution in [1.82, 2.24) is 4.57 Å². The number of nitriles is 1. The number of rotatable bonds is 3. The Labute approximate surface area is 175 Å². The summed E-state index contributed by atoms with van der Waals surface area (Å²) >= 11 is 1.08. The number of nitrogens with two attached hydrogens (primary N) is 1. The van der Waals surface area contributed by atoms with Crippen LogP contribution in [0.2, 0.25) is 0 Å². The first-order chi connectivity index (χ1) is 14.5. The summed E-state index contributed by atoms with van der Waals surface area (Å²) in [6, 6.07) is 3.23. The van der Waals surface area contributed by atoms with E-state index in [2.05, 4.69) is 0 Å². The molecule has 2 aliphatic rings. The summed E-state index contributed by atoms with van der Waals surface area (Å²) in [5, 5.41) is 20.0. The van der Waals surface area contributed by atoms with Gasteiger partial charge in [0, 0.05) is 25.2 Å². The van der Waals surface area contributed by atoms with Crippen molar-refractivity contribution < 1.29 is 14.2 Å². The third-order valence-corrected chi connectivity index (χ3v) is 7.05. The molecule has 2 aromatic heterocycles. The standard InChI is InChI=1S/C21H21FN4O3S/c1-29-20-16-12(7-13(22)17(20)25-6-2-3-10(24)9-25)18(27)15-19(28)14(8-23)30-21(15)26(16)11-4-5-11/h7,10-11,28H,2-6,9,24H2,1H3/t10-/m0/s1. The molecule has 0 spiro atoms. The number of pyridine rings is 1. The molecule has 3 heterocycles. The molecule has 0 radical (unpaired) electrons. The van der Waals surface area contributed by atoms with Crippen molar-refractivity contribution in [2.24, 2.45) is 5.73 Å². The van der Waals surface area contributed by atoms with Crippen LogP contribution in [-0.2, 0) is 0 Å². The van der Waals surface area contributed by atoms with Crippen LogP contribution in [-0.4, -0.2) is 35.9 Å². The molecule has 1 atom stereocenters. The number of hydrogen-bond acceptors (Lipinski definition) is 7. The summed E-state index contributed by atoms with van der Waals surface area (Å²) in [5.41, 5.74) is 6.45. The van der Waals surface area contributed by atoms with Gasteiger partial charge in [-0.1, -0.05) is 0 Å². The van der Waals surface area contributed by atoms with E-state index in [1.54, 1.807) is 0 Å². The van der Waals surface area contributed by atoms with Crippen LogP contribution in [0.5, 0.6) is 11.5 Å². The second kappa shape index (κ2) is 6.86. The lowest BCUT2D eigenvalue weighted by atomic mass is 10.0. The van der Waals surface area contributed by atoms with Crippen LogP contribution >= 0.6 is 11.3 Å². The van der Waals surface area contributed by atoms with Crippen LogP contribution in [0.4, 0.5) is 10.1 Å². The van der Waals surface area contributed by atoms with E-state index in [0.29, 0.717) is 34.9 Å². The van der Waals surface area contributed by atoms with E-state index < -0.39 is 11.2 Å². The Bertz CT molecular complexity index is 1290. The van der Waals surface area contributed by atoms with E-state index >= 15 is 4.39 Å². The minimum absolute atomic E-state index is 0.0564. The van der Waals surface area contributed by atoms with Crippen LogP contribution in [0, 0.1) is 17.1 Å². The van der Waals surface area contributed by atoms with Gasteiger partial charge in [0.2, 0.25) is 5.43 Å². The minimum Gasteiger partial charge on any atom is -0.505 e. The maximum absolute atomic E-state index is 15.4. The van der Waals surface area contributed by atoms with Gasteiger partial charge in [-0.2, -0.15) is 5.26 Å². The Hall–Kier alpha value is -2.83. The average molecular weight is 428 g/mol. The van der Waals surface area contributed by atoms with Gasteiger partial charge >= 0.3 is 0 Å². The maximum atomic E-state index is 15.4. The predicted molar refractivity (Wildman–Crippen MR) is 114 cm³/mol. The molecule has 0 bridgehead atoms. The highest BCUT2D eigenvalue weighted by molar-refractivity contribution is 7.19. The molecule has 5 rings (SSSR count). The Morgan fingerprint density at radius 2 is 2.17 bits per heavy atom. The predicted octanol–water partition coefficient (Wildman–Crippen LogP) is 3.20. The zero-order valence-corrected chi connectivity index (χ0v) is 17.3. The molecule has 1 aromatic carbocycles. The van der Waals surface area contributed by atoms with Gasteiger partial charge in [-0.25, -0.2) is 4.39 Å². The fourth-order valence-corrected chi connectivity index (χ4v) is 5.57. The van der Waals surface area contributed by atoms with E-state index in [4.69, 9.17) is 10.5 Å². The van der Waals surface area contributed by atoms with Gasteiger partial charge in [0.1, 0.15) is 26.9 Å². The van der Waals surface area contributed by atoms with Crippen LogP contribution in [0.15, 0.2) is 10.9 Å². The monoisotopic (exact) mass is 428 g/mol. The lowest BCUT2D eigenvalue weighted by molar-refractivity contribution is 0.409. The smallest absolute Gasteiger partial charge is 0.202 e. The molecule has 0 unspecified atom stereocenters. The number of thiophene rings is 1. The van der Waals surface area contributed by atoms with Gasteiger partial charge in [-0.3, -0.25) is 4.79 Å². The Balaban J connectivity index is 1.92. The summed E-state index contributed by atoms with van der Waals surface area (Å²) in [5.74, 6) is -0.580. The second-order valence-corrected chi connectivity index (χ2v) is 8.99. The number of aromatic hydroxyl groups is 1. The number of anilines is 1. The van der Waals surface area contributed by atoms with Gasteiger partial charge in [-0.15, -0.1) is 11.3 Å². The van der Waals surface area contributed by atoms with Crippen molar-refractivity contribution in [3.63, 3.8) is 0 Å². The molecule has 7 nitrogen and oxygen atoms in total. The van der Waals surface area contributed by atoms with Crippen molar-refractivity contribution in [1.29, 1.82) is 5.26 Å². The van der Waals surface area contributed by atoms with Gasteiger partial charge in [0.15, 0.2) is 17.3 Å². The summed E-state index contributed by atoms with van der Waals surface area (Å²) in [4.78, 5) is 15.8. The Morgan fingerprint density at radius 3 is 2.80 bits per heavy atom. The highest BCUT2D eigenvalue weighted by Crippen LogP contribution is 2.48. The quantitative estimate of drug-likeness (QED) is 0.664. The maximum Gasteiger partial charge on any atom is 0.202 e. The molecule has 2 fully saturated rings. The van der Waals surface area contributed by atoms with Crippen molar-refractivity contribution in [2.75, 3.05) is 25.1 Å². The number of ether oxygens (including phenoxy) is 1. The van der Waals surface area contributed by atoms with E-state index in [0.717, 1.165) is 37.0 Å². The topological polar surface area (TPSA) is 105 Å². The number of aromatic nitrogens is 1. The molecule has 1 saturated carbocycles. The van der Waals surface area contributed by atoms with E-state index in [1.807, 2.05) is 15.5 Å². The van der Waals surface area contributed by atoms with E-state index in [-0.39, 0.29) is 33.5 Å². The fourth-order valence-electron chi connectivity index (χ4n) is 4.50. The van der Waals surface area contributed by atoms with Crippen LogP contribution < -0.4 is 20.8 Å². The van der Waals surface area contributed by atoms with Gasteiger partial charge in [-0.05, 0) is 31.7 Å². The molecule has 9 heteroatoms. The highest BCUT2D eigenvalue weighted by Gasteiger charge is 2.34. The largest absolute Gasteiger partial charge is 0.505 e. The zero-order valence-electron chi connectivity index (χ0n) is 16.4. The number of piperidine rings is 1. The van der Waals surface area contributed by atoms with E-state index in [9.17, 15) is 15.2 Å². The summed E-state index contributed by atoms with van der Waals surface area (Å²) in [7, 11) is 1.47. The number of halogens is 1. The molecule has 1 aliphatic heterocycles. The number of hydrogen-bond donors (Lipinski definition) is 2. The van der Waals surface area contributed by atoms with Crippen LogP contribution in [0.25, 0.3) is 21.1 Å². The first kappa shape index (κ1) is 19.2. The van der Waals surface area contributed by atoms with Crippen LogP contribution in [0.1, 0.15) is 36.6 Å². The first-order valence-corrected chi connectivity index (χ1v) is 10.8. The fraction of sp³-hybridized carbons (Fsp3) is 0.429. The first-order valence-electron chi connectivity index (χ1n) is 9.97. The number of benzene rings is 1. The average Bonchev–Trinajstić information content (AvgIpc) is 3.50. The minimum atomic E-state index is -0.553. The van der Waals surface area contributed by atoms with Gasteiger partial charge < -0.3 is 25.0 Å². The van der Waals surface area contributed by atoms with Crippen LogP contribution in [0.3, 0.4) is 0 Å². The number of fused-ring (bicyclic) bond motifs is 2. The normalized spacial score (nSPS) is 19.4. The zero-order chi connectivity index (χ0) is 21.2. The molecule has 156 valence electrons. The van der Waals surface area contributed by atoms with Crippen molar-refractivity contribution in [2.45, 2.75) is 37.8 Å². The molecule has 3 N–H and O–H groups in total. The lowest BCUT2D eigenvalue weighted by Crippen LogP contribution is -2.43. The van der Waals surface area contributed by atoms with E-state index in [1.165, 1.54) is 13.2 Å². The third-order valence-electron chi connectivity index (χ3n) is 5.97. The molecule has 1 aliphatic carbocycles. The van der Waals surface area contributed by atoms with Crippen molar-refractivity contribution in [3.8, 4) is 17.6 Å². The number of nitrogens with zero attached hydrogens (tertiary/aromatic N) is 3. The third kappa shape index (κ3) is 2.67. The number of methoxy groups -OCH3 is 1. The molecule has 1 saturated heterocycles. The molecular weight excluding hydrogens is 407 g/mol. The summed E-state index contributed by atoms with van der Waals surface area (Å²) < 4.78 is 23.0. The Morgan fingerprint density at radius 1 is 1.40 bits per heavy atom. The molecule has 30 heavy (non-hydrogen) atoms. The van der Waals surface area contributed by atoms with Crippen molar-refractivity contribution in [3.05, 3.63) is 27.0 Å². The van der Waals surface area contributed by atoms with Gasteiger partial charge in [0.25, 0.3) is 0 Å². The van der Waals surface area contributed by atoms with Gasteiger partial charge in [0.05, 0.1) is 18.0 Å². The second-order valence-electron chi connectivity index (χ2n) is 7.99. The SMILES string of the molecule is COc1c(N2CCC[C@H](N)C2)c(F)cc2c(=O)c3c(O)c(C#N)sc3n(C3CC3)c12. The summed E-state index contributed by atoms with van der Waals surface area (Å²) in [6.07, 6.45) is 3.53. The summed E-state index contributed by atoms with van der Waals surface area (Å²) in [6.45, 7) is 1.16. The Kier molecular flexibility index (Phi) is 4.38. The van der Waals surface area contributed by atoms with Crippen molar-refractivity contribution >= 4 is 38.1 Å². The highest BCUT2D eigenvalue weighted by atomic mass is 32.1.